The first-order valence-electron chi connectivity index (χ1n) is 9.10. The minimum atomic E-state index is -4.56. The van der Waals surface area contributed by atoms with E-state index in [0.29, 0.717) is 12.1 Å². The van der Waals surface area contributed by atoms with Gasteiger partial charge in [-0.2, -0.15) is 22.6 Å². The first-order chi connectivity index (χ1) is 14.5. The molecule has 0 N–H and O–H groups in total. The van der Waals surface area contributed by atoms with Gasteiger partial charge in [0.1, 0.15) is 12.4 Å². The van der Waals surface area contributed by atoms with Gasteiger partial charge in [-0.1, -0.05) is 0 Å². The predicted octanol–water partition coefficient (Wildman–Crippen LogP) is 1.73. The van der Waals surface area contributed by atoms with Gasteiger partial charge >= 0.3 is 11.9 Å². The molecule has 10 nitrogen and oxygen atoms in total. The van der Waals surface area contributed by atoms with Gasteiger partial charge in [0.15, 0.2) is 0 Å². The van der Waals surface area contributed by atoms with Gasteiger partial charge in [-0.3, -0.25) is 19.6 Å². The topological polar surface area (TPSA) is 119 Å². The van der Waals surface area contributed by atoms with E-state index >= 15 is 0 Å². The molecule has 0 spiro atoms. The van der Waals surface area contributed by atoms with Crippen LogP contribution in [0.1, 0.15) is 12.0 Å². The highest BCUT2D eigenvalue weighted by Gasteiger charge is 2.33. The number of carbonyl (C=O) groups excluding carboxylic acids is 1. The third kappa shape index (κ3) is 5.19. The highest BCUT2D eigenvalue weighted by Crippen LogP contribution is 2.30. The number of carbonyl (C=O) groups is 1. The van der Waals surface area contributed by atoms with E-state index in [9.17, 15) is 36.5 Å². The molecule has 0 radical (unpaired) electrons. The van der Waals surface area contributed by atoms with Crippen LogP contribution < -0.4 is 0 Å². The van der Waals surface area contributed by atoms with Crippen molar-refractivity contribution in [2.75, 3.05) is 26.2 Å². The van der Waals surface area contributed by atoms with Crippen LogP contribution in [-0.2, 0) is 27.5 Å². The standard InChI is InChI=1S/C17H18F3N5O5S/c18-17(19,20)13-1-3-15(4-2-13)31(29,30)24-9-7-22(8-10-24)16(26)5-6-23-12-14(11-21-23)25(27)28/h1-4,11-12H,5-10H2. The van der Waals surface area contributed by atoms with Crippen molar-refractivity contribution in [1.29, 1.82) is 0 Å². The van der Waals surface area contributed by atoms with Crippen molar-refractivity contribution in [3.05, 3.63) is 52.3 Å². The van der Waals surface area contributed by atoms with Gasteiger partial charge in [0, 0.05) is 39.1 Å². The number of piperazine rings is 1. The fourth-order valence-electron chi connectivity index (χ4n) is 3.08. The van der Waals surface area contributed by atoms with Gasteiger partial charge in [-0.25, -0.2) is 8.42 Å². The van der Waals surface area contributed by atoms with Crippen molar-refractivity contribution in [2.24, 2.45) is 0 Å². The summed E-state index contributed by atoms with van der Waals surface area (Å²) in [6.45, 7) is 0.386. The molecule has 2 aromatic rings. The van der Waals surface area contributed by atoms with E-state index in [1.165, 1.54) is 15.8 Å². The zero-order valence-electron chi connectivity index (χ0n) is 16.0. The molecule has 0 unspecified atom stereocenters. The number of halogens is 3. The number of alkyl halides is 3. The Kier molecular flexibility index (Phi) is 6.31. The Balaban J connectivity index is 1.55. The number of aryl methyl sites for hydroxylation is 1. The third-order valence-corrected chi connectivity index (χ3v) is 6.71. The molecule has 1 aromatic heterocycles. The minimum Gasteiger partial charge on any atom is -0.340 e. The molecule has 0 aliphatic carbocycles. The van der Waals surface area contributed by atoms with Crippen LogP contribution in [0.25, 0.3) is 0 Å². The van der Waals surface area contributed by atoms with Crippen LogP contribution in [0.3, 0.4) is 0 Å². The highest BCUT2D eigenvalue weighted by atomic mass is 32.2. The van der Waals surface area contributed by atoms with E-state index < -0.39 is 26.7 Å². The number of benzene rings is 1. The Morgan fingerprint density at radius 2 is 1.74 bits per heavy atom. The van der Waals surface area contributed by atoms with Gasteiger partial charge in [-0.15, -0.1) is 0 Å². The van der Waals surface area contributed by atoms with E-state index in [1.54, 1.807) is 0 Å². The van der Waals surface area contributed by atoms with Crippen molar-refractivity contribution in [1.82, 2.24) is 19.0 Å². The molecule has 1 aromatic carbocycles. The number of hydrogen-bond acceptors (Lipinski definition) is 6. The molecule has 31 heavy (non-hydrogen) atoms. The third-order valence-electron chi connectivity index (χ3n) is 4.80. The van der Waals surface area contributed by atoms with Crippen LogP contribution in [0, 0.1) is 10.1 Å². The Bertz CT molecular complexity index is 1060. The van der Waals surface area contributed by atoms with Crippen molar-refractivity contribution in [3.8, 4) is 0 Å². The number of rotatable bonds is 6. The fraction of sp³-hybridized carbons (Fsp3) is 0.412. The summed E-state index contributed by atoms with van der Waals surface area (Å²) in [4.78, 5) is 23.6. The smallest absolute Gasteiger partial charge is 0.340 e. The molecule has 1 fully saturated rings. The van der Waals surface area contributed by atoms with Crippen LogP contribution in [0.5, 0.6) is 0 Å². The number of nitrogens with zero attached hydrogens (tertiary/aromatic N) is 5. The highest BCUT2D eigenvalue weighted by molar-refractivity contribution is 7.89. The van der Waals surface area contributed by atoms with Gasteiger partial charge in [-0.05, 0) is 24.3 Å². The molecule has 14 heteroatoms. The molecule has 1 saturated heterocycles. The molecular weight excluding hydrogens is 443 g/mol. The number of hydrogen-bond donors (Lipinski definition) is 0. The summed E-state index contributed by atoms with van der Waals surface area (Å²) in [6.07, 6.45) is -2.24. The minimum absolute atomic E-state index is 0.00232. The lowest BCUT2D eigenvalue weighted by Gasteiger charge is -2.34. The molecule has 0 atom stereocenters. The maximum Gasteiger partial charge on any atom is 0.416 e. The van der Waals surface area contributed by atoms with E-state index in [0.717, 1.165) is 22.6 Å². The lowest BCUT2D eigenvalue weighted by Crippen LogP contribution is -2.50. The molecule has 3 rings (SSSR count). The molecule has 1 amide bonds. The largest absolute Gasteiger partial charge is 0.416 e. The predicted molar refractivity (Wildman–Crippen MR) is 100 cm³/mol. The molecule has 2 heterocycles. The molecule has 168 valence electrons. The van der Waals surface area contributed by atoms with Crippen LogP contribution in [0.15, 0.2) is 41.6 Å². The number of sulfonamides is 1. The van der Waals surface area contributed by atoms with Crippen molar-refractivity contribution in [2.45, 2.75) is 24.0 Å². The summed E-state index contributed by atoms with van der Waals surface area (Å²) >= 11 is 0. The first-order valence-corrected chi connectivity index (χ1v) is 10.5. The second-order valence-corrected chi connectivity index (χ2v) is 8.71. The zero-order chi connectivity index (χ0) is 22.8. The maximum atomic E-state index is 12.7. The average Bonchev–Trinajstić information content (AvgIpc) is 3.21. The number of nitro groups is 1. The summed E-state index contributed by atoms with van der Waals surface area (Å²) in [6, 6.07) is 3.26. The normalized spacial score (nSPS) is 15.8. The summed E-state index contributed by atoms with van der Waals surface area (Å²) in [5.74, 6) is -0.260. The number of amides is 1. The molecule has 0 saturated carbocycles. The summed E-state index contributed by atoms with van der Waals surface area (Å²) in [5.41, 5.74) is -1.13. The first kappa shape index (κ1) is 22.7. The summed E-state index contributed by atoms with van der Waals surface area (Å²) < 4.78 is 65.7. The Morgan fingerprint density at radius 3 is 2.26 bits per heavy atom. The van der Waals surface area contributed by atoms with Gasteiger partial charge in [0.25, 0.3) is 0 Å². The van der Waals surface area contributed by atoms with Crippen LogP contribution >= 0.6 is 0 Å². The Hall–Kier alpha value is -3.00. The number of aromatic nitrogens is 2. The summed E-state index contributed by atoms with van der Waals surface area (Å²) in [5, 5.41) is 14.4. The van der Waals surface area contributed by atoms with Gasteiger partial charge in [0.05, 0.1) is 15.4 Å². The maximum absolute atomic E-state index is 12.7. The monoisotopic (exact) mass is 461 g/mol. The van der Waals surface area contributed by atoms with Crippen LogP contribution in [-0.4, -0.2) is 64.4 Å². The van der Waals surface area contributed by atoms with Crippen molar-refractivity contribution in [3.63, 3.8) is 0 Å². The van der Waals surface area contributed by atoms with Crippen molar-refractivity contribution >= 4 is 21.6 Å². The van der Waals surface area contributed by atoms with Gasteiger partial charge in [0.2, 0.25) is 15.9 Å². The van der Waals surface area contributed by atoms with Crippen molar-refractivity contribution < 1.29 is 31.3 Å². The molecule has 1 aliphatic heterocycles. The molecule has 1 aliphatic rings. The van der Waals surface area contributed by atoms with Crippen LogP contribution in [0.2, 0.25) is 0 Å². The quantitative estimate of drug-likeness (QED) is 0.478. The Morgan fingerprint density at radius 1 is 1.13 bits per heavy atom. The lowest BCUT2D eigenvalue weighted by molar-refractivity contribution is -0.385. The van der Waals surface area contributed by atoms with E-state index in [-0.39, 0.29) is 55.6 Å². The van der Waals surface area contributed by atoms with Crippen LogP contribution in [0.4, 0.5) is 18.9 Å². The van der Waals surface area contributed by atoms with E-state index in [1.807, 2.05) is 0 Å². The average molecular weight is 461 g/mol. The SMILES string of the molecule is O=C(CCn1cc([N+](=O)[O-])cn1)N1CCN(S(=O)(=O)c2ccc(C(F)(F)F)cc2)CC1. The Labute approximate surface area is 175 Å². The second kappa shape index (κ2) is 8.63. The molecule has 0 bridgehead atoms. The second-order valence-electron chi connectivity index (χ2n) is 6.78. The molecular formula is C17H18F3N5O5S. The van der Waals surface area contributed by atoms with E-state index in [4.69, 9.17) is 0 Å². The zero-order valence-corrected chi connectivity index (χ0v) is 16.8. The van der Waals surface area contributed by atoms with Gasteiger partial charge < -0.3 is 4.90 Å². The fourth-order valence-corrected chi connectivity index (χ4v) is 4.50. The summed E-state index contributed by atoms with van der Waals surface area (Å²) in [7, 11) is -3.98. The lowest BCUT2D eigenvalue weighted by atomic mass is 10.2. The van der Waals surface area contributed by atoms with E-state index in [2.05, 4.69) is 5.10 Å².